The number of rotatable bonds is 5. The molecule has 8 aromatic rings. The molecule has 4 heteroatoms. The molecule has 47 heavy (non-hydrogen) atoms. The van der Waals surface area contributed by atoms with E-state index in [-0.39, 0.29) is 6.17 Å². The molecule has 4 nitrogen and oxygen atoms in total. The summed E-state index contributed by atoms with van der Waals surface area (Å²) in [5.41, 5.74) is 11.3. The molecule has 1 N–H and O–H groups in total. The Morgan fingerprint density at radius 2 is 1.30 bits per heavy atom. The number of aromatic nitrogens is 1. The summed E-state index contributed by atoms with van der Waals surface area (Å²) in [6.07, 6.45) is 5.54. The van der Waals surface area contributed by atoms with Crippen LogP contribution in [0.1, 0.15) is 22.9 Å². The number of hydrogen-bond acceptors (Lipinski definition) is 4. The molecule has 222 valence electrons. The number of aliphatic imine (C=N–C) groups is 1. The van der Waals surface area contributed by atoms with Crippen LogP contribution in [0.3, 0.4) is 0 Å². The topological polar surface area (TPSA) is 50.4 Å². The van der Waals surface area contributed by atoms with E-state index in [1.165, 1.54) is 21.9 Å². The lowest BCUT2D eigenvalue weighted by Gasteiger charge is -2.25. The van der Waals surface area contributed by atoms with Crippen LogP contribution < -0.4 is 5.32 Å². The molecule has 0 spiro atoms. The minimum absolute atomic E-state index is 0.294. The third-order valence-corrected chi connectivity index (χ3v) is 9.00. The van der Waals surface area contributed by atoms with Crippen LogP contribution in [0.2, 0.25) is 0 Å². The van der Waals surface area contributed by atoms with Crippen LogP contribution in [0.25, 0.3) is 60.7 Å². The molecule has 1 aliphatic rings. The van der Waals surface area contributed by atoms with Gasteiger partial charge in [0.2, 0.25) is 0 Å². The monoisotopic (exact) mass is 603 g/mol. The zero-order valence-corrected chi connectivity index (χ0v) is 25.5. The molecule has 1 unspecified atom stereocenters. The van der Waals surface area contributed by atoms with Gasteiger partial charge < -0.3 is 9.73 Å². The van der Waals surface area contributed by atoms with Crippen LogP contribution in [0.5, 0.6) is 0 Å². The Labute approximate surface area is 272 Å². The second kappa shape index (κ2) is 11.3. The lowest BCUT2D eigenvalue weighted by molar-refractivity contribution is 0.653. The molecule has 0 bridgehead atoms. The molecule has 9 rings (SSSR count). The standard InChI is InChI=1S/C43H29N3O/c1-2-9-31-24-33(22-19-28(31)8-1)29-17-20-30(21-18-29)43-45-39(34-11-5-10-32(25-34)35-12-7-23-44-27-35)26-40(46-43)38-15-6-14-37-36-13-3-4-16-41(36)47-42(37)38/h1-27,43,46H. The van der Waals surface area contributed by atoms with E-state index in [4.69, 9.17) is 9.41 Å². The van der Waals surface area contributed by atoms with E-state index >= 15 is 0 Å². The number of para-hydroxylation sites is 2. The molecule has 1 aliphatic heterocycles. The van der Waals surface area contributed by atoms with Crippen LogP contribution in [-0.2, 0) is 0 Å². The molecule has 0 amide bonds. The molecule has 0 saturated carbocycles. The predicted octanol–water partition coefficient (Wildman–Crippen LogP) is 10.6. The van der Waals surface area contributed by atoms with Crippen molar-refractivity contribution in [3.63, 3.8) is 0 Å². The molecule has 1 atom stereocenters. The molecule has 6 aromatic carbocycles. The quantitative estimate of drug-likeness (QED) is 0.213. The van der Waals surface area contributed by atoms with E-state index in [9.17, 15) is 0 Å². The average molecular weight is 604 g/mol. The normalized spacial score (nSPS) is 14.6. The lowest BCUT2D eigenvalue weighted by Crippen LogP contribution is -2.25. The van der Waals surface area contributed by atoms with Gasteiger partial charge in [-0.25, -0.2) is 0 Å². The van der Waals surface area contributed by atoms with Crippen molar-refractivity contribution in [2.75, 3.05) is 0 Å². The first kappa shape index (κ1) is 27.1. The van der Waals surface area contributed by atoms with Gasteiger partial charge in [0.15, 0.2) is 0 Å². The highest BCUT2D eigenvalue weighted by atomic mass is 16.3. The SMILES string of the molecule is C1=C(c2cccc3c2oc2ccccc23)NC(c2ccc(-c3ccc4ccccc4c3)cc2)N=C1c1cccc(-c2cccnc2)c1. The largest absolute Gasteiger partial charge is 0.455 e. The van der Waals surface area contributed by atoms with Crippen molar-refractivity contribution in [3.05, 3.63) is 181 Å². The number of nitrogens with zero attached hydrogens (tertiary/aromatic N) is 2. The van der Waals surface area contributed by atoms with Gasteiger partial charge in [-0.15, -0.1) is 0 Å². The van der Waals surface area contributed by atoms with E-state index in [1.54, 1.807) is 6.20 Å². The summed E-state index contributed by atoms with van der Waals surface area (Å²) in [5, 5.41) is 8.44. The highest BCUT2D eigenvalue weighted by Gasteiger charge is 2.23. The number of pyridine rings is 1. The van der Waals surface area contributed by atoms with Gasteiger partial charge in [0, 0.05) is 45.6 Å². The summed E-state index contributed by atoms with van der Waals surface area (Å²) < 4.78 is 6.46. The number of furan rings is 1. The maximum absolute atomic E-state index is 6.46. The number of allylic oxidation sites excluding steroid dienone is 1. The summed E-state index contributed by atoms with van der Waals surface area (Å²) in [6, 6.07) is 51.0. The van der Waals surface area contributed by atoms with Gasteiger partial charge in [-0.05, 0) is 69.4 Å². The summed E-state index contributed by atoms with van der Waals surface area (Å²) in [5.74, 6) is 0. The van der Waals surface area contributed by atoms with E-state index in [2.05, 4.69) is 144 Å². The highest BCUT2D eigenvalue weighted by molar-refractivity contribution is 6.15. The Balaban J connectivity index is 1.14. The van der Waals surface area contributed by atoms with Crippen LogP contribution >= 0.6 is 0 Å². The smallest absolute Gasteiger partial charge is 0.145 e. The highest BCUT2D eigenvalue weighted by Crippen LogP contribution is 2.36. The maximum atomic E-state index is 6.46. The van der Waals surface area contributed by atoms with Crippen molar-refractivity contribution in [2.24, 2.45) is 4.99 Å². The Morgan fingerprint density at radius 3 is 2.19 bits per heavy atom. The number of hydrogen-bond donors (Lipinski definition) is 1. The lowest BCUT2D eigenvalue weighted by atomic mass is 9.97. The molecule has 2 aromatic heterocycles. The minimum atomic E-state index is -0.294. The fraction of sp³-hybridized carbons (Fsp3) is 0.0233. The molecule has 0 saturated heterocycles. The van der Waals surface area contributed by atoms with Crippen molar-refractivity contribution >= 4 is 44.1 Å². The number of fused-ring (bicyclic) bond motifs is 4. The Kier molecular flexibility index (Phi) is 6.50. The first-order chi connectivity index (χ1) is 23.3. The van der Waals surface area contributed by atoms with Crippen molar-refractivity contribution in [2.45, 2.75) is 6.17 Å². The van der Waals surface area contributed by atoms with Crippen molar-refractivity contribution in [1.29, 1.82) is 0 Å². The van der Waals surface area contributed by atoms with Gasteiger partial charge in [-0.1, -0.05) is 115 Å². The van der Waals surface area contributed by atoms with Crippen LogP contribution in [0.15, 0.2) is 173 Å². The van der Waals surface area contributed by atoms with Crippen molar-refractivity contribution in [1.82, 2.24) is 10.3 Å². The van der Waals surface area contributed by atoms with Crippen molar-refractivity contribution < 1.29 is 4.42 Å². The number of nitrogens with one attached hydrogen (secondary N) is 1. The molecular weight excluding hydrogens is 574 g/mol. The Hall–Kier alpha value is -6.26. The predicted molar refractivity (Wildman–Crippen MR) is 193 cm³/mol. The first-order valence-corrected chi connectivity index (χ1v) is 15.8. The average Bonchev–Trinajstić information content (AvgIpc) is 3.54. The van der Waals surface area contributed by atoms with Gasteiger partial charge in [0.05, 0.1) is 5.71 Å². The second-order valence-corrected chi connectivity index (χ2v) is 11.9. The third kappa shape index (κ3) is 4.97. The minimum Gasteiger partial charge on any atom is -0.455 e. The first-order valence-electron chi connectivity index (χ1n) is 15.8. The van der Waals surface area contributed by atoms with E-state index in [0.717, 1.165) is 61.2 Å². The van der Waals surface area contributed by atoms with E-state index in [1.807, 2.05) is 24.4 Å². The van der Waals surface area contributed by atoms with Crippen LogP contribution in [-0.4, -0.2) is 10.7 Å². The summed E-state index contributed by atoms with van der Waals surface area (Å²) in [7, 11) is 0. The zero-order valence-electron chi connectivity index (χ0n) is 25.5. The summed E-state index contributed by atoms with van der Waals surface area (Å²) >= 11 is 0. The van der Waals surface area contributed by atoms with Crippen LogP contribution in [0.4, 0.5) is 0 Å². The van der Waals surface area contributed by atoms with Crippen LogP contribution in [0, 0.1) is 0 Å². The van der Waals surface area contributed by atoms with E-state index < -0.39 is 0 Å². The Morgan fingerprint density at radius 1 is 0.553 bits per heavy atom. The van der Waals surface area contributed by atoms with Gasteiger partial charge in [-0.3, -0.25) is 9.98 Å². The van der Waals surface area contributed by atoms with E-state index in [0.29, 0.717) is 0 Å². The fourth-order valence-electron chi connectivity index (χ4n) is 6.58. The maximum Gasteiger partial charge on any atom is 0.145 e. The molecule has 0 radical (unpaired) electrons. The molecular formula is C43H29N3O. The Bertz CT molecular complexity index is 2490. The summed E-state index contributed by atoms with van der Waals surface area (Å²) in [4.78, 5) is 9.62. The molecule has 0 fully saturated rings. The fourth-order valence-corrected chi connectivity index (χ4v) is 6.58. The molecule has 0 aliphatic carbocycles. The number of benzene rings is 6. The zero-order chi connectivity index (χ0) is 31.2. The van der Waals surface area contributed by atoms with Gasteiger partial charge in [0.25, 0.3) is 0 Å². The van der Waals surface area contributed by atoms with Gasteiger partial charge in [0.1, 0.15) is 17.3 Å². The molecule has 3 heterocycles. The second-order valence-electron chi connectivity index (χ2n) is 11.9. The van der Waals surface area contributed by atoms with Gasteiger partial charge in [-0.2, -0.15) is 0 Å². The third-order valence-electron chi connectivity index (χ3n) is 9.00. The summed E-state index contributed by atoms with van der Waals surface area (Å²) in [6.45, 7) is 0. The van der Waals surface area contributed by atoms with Crippen molar-refractivity contribution in [3.8, 4) is 22.3 Å². The van der Waals surface area contributed by atoms with Gasteiger partial charge >= 0.3 is 0 Å².